The van der Waals surface area contributed by atoms with Gasteiger partial charge in [-0.3, -0.25) is 9.13 Å². The normalized spacial score (nSPS) is 12.5. The highest BCUT2D eigenvalue weighted by molar-refractivity contribution is 5.75. The molecule has 0 amide bonds. The number of imidazole rings is 1. The van der Waals surface area contributed by atoms with Gasteiger partial charge in [-0.15, -0.1) is 0 Å². The van der Waals surface area contributed by atoms with Gasteiger partial charge in [0.1, 0.15) is 18.5 Å². The molecule has 1 aromatic heterocycles. The molecule has 5 nitrogen and oxygen atoms in total. The fourth-order valence-corrected chi connectivity index (χ4v) is 2.84. The zero-order valence-corrected chi connectivity index (χ0v) is 14.0. The first-order chi connectivity index (χ1) is 11.6. The third-order valence-corrected chi connectivity index (χ3v) is 4.10. The van der Waals surface area contributed by atoms with E-state index in [4.69, 9.17) is 4.74 Å². The topological polar surface area (TPSA) is 56.4 Å². The first-order valence-corrected chi connectivity index (χ1v) is 8.15. The summed E-state index contributed by atoms with van der Waals surface area (Å²) >= 11 is 0. The van der Waals surface area contributed by atoms with Crippen molar-refractivity contribution in [1.82, 2.24) is 9.13 Å². The standard InChI is InChI=1S/C19H22N2O3/c1-3-20-17-6-4-5-7-18(17)21(19(20)23)12-15(22)13-24-16-10-8-14(2)9-11-16/h4-11,15,22H,3,12-13H2,1-2H3. The number of rotatable bonds is 6. The minimum Gasteiger partial charge on any atom is -0.491 e. The van der Waals surface area contributed by atoms with Crippen LogP contribution in [0, 0.1) is 6.92 Å². The number of benzene rings is 2. The van der Waals surface area contributed by atoms with Crippen molar-refractivity contribution < 1.29 is 9.84 Å². The van der Waals surface area contributed by atoms with E-state index in [1.165, 1.54) is 0 Å². The summed E-state index contributed by atoms with van der Waals surface area (Å²) in [6.07, 6.45) is -0.764. The minimum absolute atomic E-state index is 0.104. The maximum absolute atomic E-state index is 12.5. The second kappa shape index (κ2) is 6.93. The van der Waals surface area contributed by atoms with E-state index in [1.807, 2.05) is 62.4 Å². The maximum atomic E-state index is 12.5. The molecule has 1 unspecified atom stereocenters. The Morgan fingerprint density at radius 1 is 1.04 bits per heavy atom. The molecule has 1 N–H and O–H groups in total. The molecule has 3 rings (SSSR count). The number of nitrogens with zero attached hydrogens (tertiary/aromatic N) is 2. The molecule has 0 saturated carbocycles. The van der Waals surface area contributed by atoms with Gasteiger partial charge in [0.2, 0.25) is 0 Å². The zero-order valence-electron chi connectivity index (χ0n) is 14.0. The number of aliphatic hydroxyl groups excluding tert-OH is 1. The number of para-hydroxylation sites is 2. The van der Waals surface area contributed by atoms with Crippen LogP contribution in [0.25, 0.3) is 11.0 Å². The first kappa shape index (κ1) is 16.3. The van der Waals surface area contributed by atoms with Crippen molar-refractivity contribution in [2.75, 3.05) is 6.61 Å². The van der Waals surface area contributed by atoms with Gasteiger partial charge < -0.3 is 9.84 Å². The van der Waals surface area contributed by atoms with E-state index in [0.717, 1.165) is 16.6 Å². The third-order valence-electron chi connectivity index (χ3n) is 4.10. The Hall–Kier alpha value is -2.53. The Bertz CT molecular complexity index is 878. The van der Waals surface area contributed by atoms with Crippen molar-refractivity contribution in [3.05, 3.63) is 64.6 Å². The van der Waals surface area contributed by atoms with Crippen LogP contribution in [0.5, 0.6) is 5.75 Å². The largest absolute Gasteiger partial charge is 0.491 e. The first-order valence-electron chi connectivity index (χ1n) is 8.15. The molecule has 1 heterocycles. The van der Waals surface area contributed by atoms with Crippen LogP contribution in [0.1, 0.15) is 12.5 Å². The van der Waals surface area contributed by atoms with Gasteiger partial charge in [0.15, 0.2) is 0 Å². The minimum atomic E-state index is -0.764. The molecule has 24 heavy (non-hydrogen) atoms. The smallest absolute Gasteiger partial charge is 0.329 e. The molecule has 3 aromatic rings. The molecular formula is C19H22N2O3. The van der Waals surface area contributed by atoms with Crippen LogP contribution in [0.3, 0.4) is 0 Å². The van der Waals surface area contributed by atoms with Crippen molar-refractivity contribution in [2.24, 2.45) is 0 Å². The fraction of sp³-hybridized carbons (Fsp3) is 0.316. The molecule has 0 spiro atoms. The predicted molar refractivity (Wildman–Crippen MR) is 94.6 cm³/mol. The molecule has 0 bridgehead atoms. The molecule has 0 aliphatic rings. The van der Waals surface area contributed by atoms with Crippen LogP contribution >= 0.6 is 0 Å². The summed E-state index contributed by atoms with van der Waals surface area (Å²) < 4.78 is 8.93. The van der Waals surface area contributed by atoms with E-state index < -0.39 is 6.10 Å². The quantitative estimate of drug-likeness (QED) is 0.757. The van der Waals surface area contributed by atoms with Crippen molar-refractivity contribution in [3.63, 3.8) is 0 Å². The maximum Gasteiger partial charge on any atom is 0.329 e. The van der Waals surface area contributed by atoms with Crippen molar-refractivity contribution in [1.29, 1.82) is 0 Å². The average molecular weight is 326 g/mol. The van der Waals surface area contributed by atoms with Gasteiger partial charge >= 0.3 is 5.69 Å². The summed E-state index contributed by atoms with van der Waals surface area (Å²) in [7, 11) is 0. The van der Waals surface area contributed by atoms with Gasteiger partial charge in [0, 0.05) is 6.54 Å². The van der Waals surface area contributed by atoms with Crippen molar-refractivity contribution in [3.8, 4) is 5.75 Å². The summed E-state index contributed by atoms with van der Waals surface area (Å²) in [6.45, 7) is 4.89. The lowest BCUT2D eigenvalue weighted by Gasteiger charge is -2.13. The molecule has 0 saturated heterocycles. The van der Waals surface area contributed by atoms with Crippen LogP contribution in [0.4, 0.5) is 0 Å². The molecule has 5 heteroatoms. The number of hydrogen-bond donors (Lipinski definition) is 1. The van der Waals surface area contributed by atoms with Crippen LogP contribution in [0.2, 0.25) is 0 Å². The summed E-state index contributed by atoms with van der Waals surface area (Å²) in [5.74, 6) is 0.711. The molecule has 0 aliphatic heterocycles. The average Bonchev–Trinajstić information content (AvgIpc) is 2.86. The summed E-state index contributed by atoms with van der Waals surface area (Å²) in [4.78, 5) is 12.5. The van der Waals surface area contributed by atoms with E-state index in [2.05, 4.69) is 0 Å². The highest BCUT2D eigenvalue weighted by Gasteiger charge is 2.15. The Morgan fingerprint density at radius 3 is 2.29 bits per heavy atom. The van der Waals surface area contributed by atoms with Crippen LogP contribution in [-0.4, -0.2) is 27.0 Å². The summed E-state index contributed by atoms with van der Waals surface area (Å²) in [5, 5.41) is 10.3. The number of aromatic nitrogens is 2. The molecular weight excluding hydrogens is 304 g/mol. The predicted octanol–water partition coefficient (Wildman–Crippen LogP) is 2.57. The molecule has 126 valence electrons. The van der Waals surface area contributed by atoms with Gasteiger partial charge in [-0.1, -0.05) is 29.8 Å². The van der Waals surface area contributed by atoms with Crippen LogP contribution in [-0.2, 0) is 13.1 Å². The molecule has 0 radical (unpaired) electrons. The Morgan fingerprint density at radius 2 is 1.67 bits per heavy atom. The van der Waals surface area contributed by atoms with E-state index >= 15 is 0 Å². The molecule has 1 atom stereocenters. The Labute approximate surface area is 140 Å². The van der Waals surface area contributed by atoms with Gasteiger partial charge in [-0.2, -0.15) is 0 Å². The molecule has 0 fully saturated rings. The molecule has 2 aromatic carbocycles. The monoisotopic (exact) mass is 326 g/mol. The summed E-state index contributed by atoms with van der Waals surface area (Å²) in [5.41, 5.74) is 2.77. The SMILES string of the molecule is CCn1c(=O)n(CC(O)COc2ccc(C)cc2)c2ccccc21. The lowest BCUT2D eigenvalue weighted by molar-refractivity contribution is 0.0924. The van der Waals surface area contributed by atoms with Gasteiger partial charge in [-0.25, -0.2) is 4.79 Å². The number of hydrogen-bond acceptors (Lipinski definition) is 3. The van der Waals surface area contributed by atoms with Crippen LogP contribution < -0.4 is 10.4 Å². The lowest BCUT2D eigenvalue weighted by Crippen LogP contribution is -2.31. The van der Waals surface area contributed by atoms with E-state index in [9.17, 15) is 9.90 Å². The lowest BCUT2D eigenvalue weighted by atomic mass is 10.2. The Kier molecular flexibility index (Phi) is 4.71. The van der Waals surface area contributed by atoms with Gasteiger partial charge in [-0.05, 0) is 38.1 Å². The van der Waals surface area contributed by atoms with Gasteiger partial charge in [0.05, 0.1) is 17.6 Å². The third kappa shape index (κ3) is 3.21. The van der Waals surface area contributed by atoms with Crippen LogP contribution in [0.15, 0.2) is 53.3 Å². The summed E-state index contributed by atoms with van der Waals surface area (Å²) in [6, 6.07) is 15.3. The fourth-order valence-electron chi connectivity index (χ4n) is 2.84. The van der Waals surface area contributed by atoms with E-state index in [-0.39, 0.29) is 18.8 Å². The van der Waals surface area contributed by atoms with Crippen molar-refractivity contribution in [2.45, 2.75) is 33.0 Å². The number of aliphatic hydroxyl groups is 1. The van der Waals surface area contributed by atoms with E-state index in [1.54, 1.807) is 9.13 Å². The van der Waals surface area contributed by atoms with Crippen molar-refractivity contribution >= 4 is 11.0 Å². The highest BCUT2D eigenvalue weighted by Crippen LogP contribution is 2.14. The number of fused-ring (bicyclic) bond motifs is 1. The second-order valence-electron chi connectivity index (χ2n) is 5.90. The zero-order chi connectivity index (χ0) is 17.1. The second-order valence-corrected chi connectivity index (χ2v) is 5.90. The number of aryl methyl sites for hydroxylation is 2. The number of ether oxygens (including phenoxy) is 1. The Balaban J connectivity index is 1.76. The van der Waals surface area contributed by atoms with E-state index in [0.29, 0.717) is 12.3 Å². The molecule has 0 aliphatic carbocycles. The van der Waals surface area contributed by atoms with Gasteiger partial charge in [0.25, 0.3) is 0 Å². The highest BCUT2D eigenvalue weighted by atomic mass is 16.5.